The van der Waals surface area contributed by atoms with E-state index in [1.165, 1.54) is 0 Å². The van der Waals surface area contributed by atoms with Gasteiger partial charge in [-0.15, -0.1) is 0 Å². The van der Waals surface area contributed by atoms with E-state index in [4.69, 9.17) is 9.47 Å². The summed E-state index contributed by atoms with van der Waals surface area (Å²) in [5, 5.41) is 0. The van der Waals surface area contributed by atoms with Crippen molar-refractivity contribution in [1.29, 1.82) is 0 Å². The fourth-order valence-electron chi connectivity index (χ4n) is 3.19. The van der Waals surface area contributed by atoms with Gasteiger partial charge in [-0.05, 0) is 26.2 Å². The van der Waals surface area contributed by atoms with E-state index >= 15 is 0 Å². The van der Waals surface area contributed by atoms with Crippen LogP contribution >= 0.6 is 0 Å². The van der Waals surface area contributed by atoms with E-state index in [2.05, 4.69) is 11.8 Å². The van der Waals surface area contributed by atoms with Crippen LogP contribution in [0.3, 0.4) is 0 Å². The molecule has 0 saturated carbocycles. The van der Waals surface area contributed by atoms with Crippen molar-refractivity contribution >= 4 is 11.9 Å². The van der Waals surface area contributed by atoms with Crippen LogP contribution in [0.1, 0.15) is 39.5 Å². The number of ether oxygens (including phenoxy) is 2. The van der Waals surface area contributed by atoms with Crippen molar-refractivity contribution in [3.63, 3.8) is 0 Å². The zero-order chi connectivity index (χ0) is 15.9. The zero-order valence-electron chi connectivity index (χ0n) is 13.8. The highest BCUT2D eigenvalue weighted by Crippen LogP contribution is 2.18. The molecule has 2 atom stereocenters. The van der Waals surface area contributed by atoms with E-state index < -0.39 is 0 Å². The fourth-order valence-corrected chi connectivity index (χ4v) is 3.19. The number of amides is 1. The lowest BCUT2D eigenvalue weighted by atomic mass is 10.1. The molecule has 2 aliphatic rings. The minimum atomic E-state index is -0.247. The van der Waals surface area contributed by atoms with Gasteiger partial charge in [0.1, 0.15) is 12.1 Å². The minimum Gasteiger partial charge on any atom is -0.465 e. The van der Waals surface area contributed by atoms with E-state index in [1.807, 2.05) is 11.8 Å². The van der Waals surface area contributed by atoms with Gasteiger partial charge in [-0.1, -0.05) is 13.3 Å². The average molecular weight is 312 g/mol. The number of rotatable bonds is 6. The number of nitrogens with zero attached hydrogens (tertiary/aromatic N) is 2. The summed E-state index contributed by atoms with van der Waals surface area (Å²) in [4.78, 5) is 28.5. The Morgan fingerprint density at radius 3 is 2.50 bits per heavy atom. The first-order valence-corrected chi connectivity index (χ1v) is 8.48. The first-order chi connectivity index (χ1) is 10.7. The molecule has 2 rings (SSSR count). The van der Waals surface area contributed by atoms with Crippen LogP contribution in [0, 0.1) is 0 Å². The molecule has 1 amide bonds. The largest absolute Gasteiger partial charge is 0.465 e. The number of esters is 1. The summed E-state index contributed by atoms with van der Waals surface area (Å²) in [6, 6.07) is -0.176. The van der Waals surface area contributed by atoms with Crippen LogP contribution in [0.2, 0.25) is 0 Å². The molecule has 0 bridgehead atoms. The number of carbonyl (C=O) groups is 2. The Bertz CT molecular complexity index is 374. The Morgan fingerprint density at radius 2 is 1.95 bits per heavy atom. The predicted molar refractivity (Wildman–Crippen MR) is 82.5 cm³/mol. The summed E-state index contributed by atoms with van der Waals surface area (Å²) in [6.07, 6.45) is 3.30. The standard InChI is InChI=1S/C16H28N2O4/c1-3-6-13(16(20)21-4-2)17-8-10-18(11-9-17)15(19)14-7-5-12-22-14/h13-14H,3-12H2,1-2H3. The molecule has 2 heterocycles. The van der Waals surface area contributed by atoms with Crippen LogP contribution in [0.4, 0.5) is 0 Å². The Balaban J connectivity index is 1.86. The van der Waals surface area contributed by atoms with Crippen LogP contribution < -0.4 is 0 Å². The highest BCUT2D eigenvalue weighted by molar-refractivity contribution is 5.81. The van der Waals surface area contributed by atoms with Crippen molar-refractivity contribution in [2.75, 3.05) is 39.4 Å². The third-order valence-electron chi connectivity index (χ3n) is 4.39. The molecule has 2 aliphatic heterocycles. The summed E-state index contributed by atoms with van der Waals surface area (Å²) < 4.78 is 10.7. The Morgan fingerprint density at radius 1 is 1.23 bits per heavy atom. The molecule has 2 unspecified atom stereocenters. The van der Waals surface area contributed by atoms with Crippen LogP contribution in [-0.4, -0.2) is 73.2 Å². The van der Waals surface area contributed by atoms with Gasteiger partial charge in [0.2, 0.25) is 0 Å². The fraction of sp³-hybridized carbons (Fsp3) is 0.875. The van der Waals surface area contributed by atoms with Crippen LogP contribution in [0.5, 0.6) is 0 Å². The molecule has 2 saturated heterocycles. The van der Waals surface area contributed by atoms with Gasteiger partial charge in [0.05, 0.1) is 6.61 Å². The van der Waals surface area contributed by atoms with Gasteiger partial charge in [0.15, 0.2) is 0 Å². The molecule has 0 radical (unpaired) electrons. The van der Waals surface area contributed by atoms with E-state index in [0.29, 0.717) is 26.3 Å². The Hall–Kier alpha value is -1.14. The van der Waals surface area contributed by atoms with E-state index in [1.54, 1.807) is 0 Å². The maximum atomic E-state index is 12.3. The second-order valence-corrected chi connectivity index (χ2v) is 5.92. The lowest BCUT2D eigenvalue weighted by molar-refractivity contribution is -0.152. The maximum Gasteiger partial charge on any atom is 0.323 e. The predicted octanol–water partition coefficient (Wildman–Crippen LogP) is 1.04. The molecule has 6 heteroatoms. The summed E-state index contributed by atoms with van der Waals surface area (Å²) in [5.74, 6) is -0.0245. The van der Waals surface area contributed by atoms with Gasteiger partial charge < -0.3 is 14.4 Å². The summed E-state index contributed by atoms with van der Waals surface area (Å²) >= 11 is 0. The SMILES string of the molecule is CCCC(C(=O)OCC)N1CCN(C(=O)C2CCCO2)CC1. The molecule has 0 spiro atoms. The molecule has 2 fully saturated rings. The molecular weight excluding hydrogens is 284 g/mol. The Labute approximate surface area is 132 Å². The quantitative estimate of drug-likeness (QED) is 0.686. The molecular formula is C16H28N2O4. The minimum absolute atomic E-state index is 0.111. The summed E-state index contributed by atoms with van der Waals surface area (Å²) in [5.41, 5.74) is 0. The third-order valence-corrected chi connectivity index (χ3v) is 4.39. The number of piperazine rings is 1. The van der Waals surface area contributed by atoms with Gasteiger partial charge in [0, 0.05) is 32.8 Å². The number of carbonyl (C=O) groups excluding carboxylic acids is 2. The van der Waals surface area contributed by atoms with Gasteiger partial charge in [0.25, 0.3) is 5.91 Å². The van der Waals surface area contributed by atoms with Crippen molar-refractivity contribution in [3.05, 3.63) is 0 Å². The summed E-state index contributed by atoms with van der Waals surface area (Å²) in [6.45, 7) is 7.79. The molecule has 0 aromatic rings. The van der Waals surface area contributed by atoms with Gasteiger partial charge in [-0.3, -0.25) is 14.5 Å². The van der Waals surface area contributed by atoms with Crippen molar-refractivity contribution in [2.24, 2.45) is 0 Å². The first-order valence-electron chi connectivity index (χ1n) is 8.48. The Kier molecular flexibility index (Phi) is 6.64. The second-order valence-electron chi connectivity index (χ2n) is 5.92. The van der Waals surface area contributed by atoms with Crippen LogP contribution in [0.15, 0.2) is 0 Å². The van der Waals surface area contributed by atoms with Crippen molar-refractivity contribution in [1.82, 2.24) is 9.80 Å². The lowest BCUT2D eigenvalue weighted by Crippen LogP contribution is -2.55. The maximum absolute atomic E-state index is 12.3. The molecule has 0 N–H and O–H groups in total. The topological polar surface area (TPSA) is 59.1 Å². The monoisotopic (exact) mass is 312 g/mol. The van der Waals surface area contributed by atoms with Crippen molar-refractivity contribution in [2.45, 2.75) is 51.7 Å². The normalized spacial score (nSPS) is 24.3. The van der Waals surface area contributed by atoms with E-state index in [-0.39, 0.29) is 24.0 Å². The highest BCUT2D eigenvalue weighted by Gasteiger charge is 2.33. The van der Waals surface area contributed by atoms with Gasteiger partial charge in [-0.2, -0.15) is 0 Å². The highest BCUT2D eigenvalue weighted by atomic mass is 16.5. The van der Waals surface area contributed by atoms with E-state index in [9.17, 15) is 9.59 Å². The smallest absolute Gasteiger partial charge is 0.323 e. The third kappa shape index (κ3) is 4.20. The molecule has 0 aromatic carbocycles. The summed E-state index contributed by atoms with van der Waals surface area (Å²) in [7, 11) is 0. The zero-order valence-corrected chi connectivity index (χ0v) is 13.8. The number of hydrogen-bond donors (Lipinski definition) is 0. The van der Waals surface area contributed by atoms with E-state index in [0.717, 1.165) is 38.8 Å². The molecule has 6 nitrogen and oxygen atoms in total. The average Bonchev–Trinajstić information content (AvgIpc) is 3.07. The number of hydrogen-bond acceptors (Lipinski definition) is 5. The van der Waals surface area contributed by atoms with Crippen LogP contribution in [0.25, 0.3) is 0 Å². The second kappa shape index (κ2) is 8.48. The molecule has 0 aliphatic carbocycles. The molecule has 22 heavy (non-hydrogen) atoms. The lowest BCUT2D eigenvalue weighted by Gasteiger charge is -2.38. The first kappa shape index (κ1) is 17.2. The van der Waals surface area contributed by atoms with Crippen molar-refractivity contribution < 1.29 is 19.1 Å². The molecule has 0 aromatic heterocycles. The molecule has 126 valence electrons. The van der Waals surface area contributed by atoms with Crippen molar-refractivity contribution in [3.8, 4) is 0 Å². The van der Waals surface area contributed by atoms with Gasteiger partial charge >= 0.3 is 5.97 Å². The van der Waals surface area contributed by atoms with Gasteiger partial charge in [-0.25, -0.2) is 0 Å². The van der Waals surface area contributed by atoms with Crippen LogP contribution in [-0.2, 0) is 19.1 Å².